The Balaban J connectivity index is 2.94. The largest absolute Gasteiger partial charge is 0.397 e. The Morgan fingerprint density at radius 2 is 2.17 bits per heavy atom. The molecule has 5 heteroatoms. The van der Waals surface area contributed by atoms with Crippen LogP contribution in [0.15, 0.2) is 18.2 Å². The molecule has 4 N–H and O–H groups in total. The highest BCUT2D eigenvalue weighted by atomic mass is 16.3. The maximum absolute atomic E-state index is 11.7. The van der Waals surface area contributed by atoms with Gasteiger partial charge in [0.25, 0.3) is 5.91 Å². The molecule has 0 aromatic heterocycles. The number of anilines is 2. The Labute approximate surface area is 108 Å². The molecule has 0 aliphatic rings. The second-order valence-electron chi connectivity index (χ2n) is 3.94. The van der Waals surface area contributed by atoms with E-state index >= 15 is 0 Å². The normalized spacial score (nSPS) is 10.2. The van der Waals surface area contributed by atoms with Crippen molar-refractivity contribution in [3.63, 3.8) is 0 Å². The molecule has 0 saturated heterocycles. The molecule has 1 aromatic carbocycles. The molecule has 0 atom stereocenters. The van der Waals surface area contributed by atoms with Gasteiger partial charge in [-0.05, 0) is 32.0 Å². The molecule has 100 valence electrons. The van der Waals surface area contributed by atoms with Crippen LogP contribution >= 0.6 is 0 Å². The van der Waals surface area contributed by atoms with Gasteiger partial charge in [-0.3, -0.25) is 4.79 Å². The van der Waals surface area contributed by atoms with Crippen LogP contribution in [0, 0.1) is 0 Å². The number of benzene rings is 1. The van der Waals surface area contributed by atoms with Crippen LogP contribution in [0.5, 0.6) is 0 Å². The minimum atomic E-state index is -0.124. The molecule has 5 nitrogen and oxygen atoms in total. The predicted molar refractivity (Wildman–Crippen MR) is 73.8 cm³/mol. The summed E-state index contributed by atoms with van der Waals surface area (Å²) in [6.07, 6.45) is 0. The highest BCUT2D eigenvalue weighted by Crippen LogP contribution is 2.24. The zero-order valence-corrected chi connectivity index (χ0v) is 10.9. The molecule has 0 aliphatic carbocycles. The second-order valence-corrected chi connectivity index (χ2v) is 3.94. The molecule has 0 unspecified atom stereocenters. The van der Waals surface area contributed by atoms with Crippen molar-refractivity contribution in [1.29, 1.82) is 0 Å². The fourth-order valence-corrected chi connectivity index (χ4v) is 1.82. The maximum atomic E-state index is 11.7. The SMILES string of the molecule is CCNC(=O)c1ccc(N(CC)CCO)c(N)c1. The lowest BCUT2D eigenvalue weighted by Gasteiger charge is -2.23. The van der Waals surface area contributed by atoms with Gasteiger partial charge in [-0.25, -0.2) is 0 Å². The predicted octanol–water partition coefficient (Wildman–Crippen LogP) is 0.837. The zero-order chi connectivity index (χ0) is 13.5. The molecule has 0 heterocycles. The van der Waals surface area contributed by atoms with Crippen LogP contribution in [-0.2, 0) is 0 Å². The average molecular weight is 251 g/mol. The minimum Gasteiger partial charge on any atom is -0.397 e. The quantitative estimate of drug-likeness (QED) is 0.655. The zero-order valence-electron chi connectivity index (χ0n) is 10.9. The molecule has 0 aliphatic heterocycles. The first-order chi connectivity index (χ1) is 8.63. The molecule has 1 aromatic rings. The number of hydrogen-bond acceptors (Lipinski definition) is 4. The third-order valence-corrected chi connectivity index (χ3v) is 2.72. The Bertz CT molecular complexity index is 407. The van der Waals surface area contributed by atoms with Crippen molar-refractivity contribution in [2.75, 3.05) is 36.9 Å². The van der Waals surface area contributed by atoms with Crippen molar-refractivity contribution in [2.24, 2.45) is 0 Å². The van der Waals surface area contributed by atoms with Gasteiger partial charge >= 0.3 is 0 Å². The van der Waals surface area contributed by atoms with Crippen LogP contribution < -0.4 is 16.0 Å². The number of likely N-dealkylation sites (N-methyl/N-ethyl adjacent to an activating group) is 1. The lowest BCUT2D eigenvalue weighted by Crippen LogP contribution is -2.27. The topological polar surface area (TPSA) is 78.6 Å². The van der Waals surface area contributed by atoms with Crippen LogP contribution in [0.3, 0.4) is 0 Å². The van der Waals surface area contributed by atoms with Crippen molar-refractivity contribution >= 4 is 17.3 Å². The highest BCUT2D eigenvalue weighted by Gasteiger charge is 2.11. The number of hydrogen-bond donors (Lipinski definition) is 3. The van der Waals surface area contributed by atoms with Crippen molar-refractivity contribution in [1.82, 2.24) is 5.32 Å². The van der Waals surface area contributed by atoms with Crippen molar-refractivity contribution in [3.05, 3.63) is 23.8 Å². The summed E-state index contributed by atoms with van der Waals surface area (Å²) < 4.78 is 0. The van der Waals surface area contributed by atoms with E-state index in [0.717, 1.165) is 12.2 Å². The first kappa shape index (κ1) is 14.3. The molecule has 18 heavy (non-hydrogen) atoms. The molecule has 0 saturated carbocycles. The average Bonchev–Trinajstić information content (AvgIpc) is 2.36. The highest BCUT2D eigenvalue weighted by molar-refractivity contribution is 5.96. The van der Waals surface area contributed by atoms with Crippen molar-refractivity contribution in [3.8, 4) is 0 Å². The number of amides is 1. The van der Waals surface area contributed by atoms with E-state index in [1.165, 1.54) is 0 Å². The van der Waals surface area contributed by atoms with Gasteiger partial charge in [-0.2, -0.15) is 0 Å². The standard InChI is InChI=1S/C13H21N3O2/c1-3-15-13(18)10-5-6-12(11(14)9-10)16(4-2)7-8-17/h5-6,9,17H,3-4,7-8,14H2,1-2H3,(H,15,18). The Kier molecular flexibility index (Phi) is 5.45. The summed E-state index contributed by atoms with van der Waals surface area (Å²) in [5.74, 6) is -0.124. The molecule has 0 fully saturated rings. The fourth-order valence-electron chi connectivity index (χ4n) is 1.82. The summed E-state index contributed by atoms with van der Waals surface area (Å²) in [4.78, 5) is 13.6. The van der Waals surface area contributed by atoms with E-state index in [0.29, 0.717) is 24.3 Å². The summed E-state index contributed by atoms with van der Waals surface area (Å²) in [5.41, 5.74) is 7.91. The molecule has 0 spiro atoms. The summed E-state index contributed by atoms with van der Waals surface area (Å²) in [6.45, 7) is 5.81. The number of carbonyl (C=O) groups is 1. The van der Waals surface area contributed by atoms with E-state index in [9.17, 15) is 4.79 Å². The summed E-state index contributed by atoms with van der Waals surface area (Å²) in [6, 6.07) is 5.23. The molecular weight excluding hydrogens is 230 g/mol. The molecular formula is C13H21N3O2. The van der Waals surface area contributed by atoms with Crippen molar-refractivity contribution in [2.45, 2.75) is 13.8 Å². The molecule has 0 radical (unpaired) electrons. The van der Waals surface area contributed by atoms with E-state index in [-0.39, 0.29) is 12.5 Å². The van der Waals surface area contributed by atoms with Gasteiger partial charge in [0.05, 0.1) is 18.0 Å². The van der Waals surface area contributed by atoms with Gasteiger partial charge in [0, 0.05) is 25.2 Å². The minimum absolute atomic E-state index is 0.0748. The first-order valence-corrected chi connectivity index (χ1v) is 6.17. The number of carbonyl (C=O) groups excluding carboxylic acids is 1. The fraction of sp³-hybridized carbons (Fsp3) is 0.462. The number of aliphatic hydroxyl groups is 1. The monoisotopic (exact) mass is 251 g/mol. The van der Waals surface area contributed by atoms with Gasteiger partial charge in [-0.15, -0.1) is 0 Å². The van der Waals surface area contributed by atoms with Gasteiger partial charge in [-0.1, -0.05) is 0 Å². The number of nitrogens with two attached hydrogens (primary N) is 1. The third kappa shape index (κ3) is 3.37. The maximum Gasteiger partial charge on any atom is 0.251 e. The summed E-state index contributed by atoms with van der Waals surface area (Å²) in [5, 5.41) is 11.7. The van der Waals surface area contributed by atoms with Crippen LogP contribution in [0.4, 0.5) is 11.4 Å². The van der Waals surface area contributed by atoms with Crippen LogP contribution in [0.1, 0.15) is 24.2 Å². The van der Waals surface area contributed by atoms with E-state index < -0.39 is 0 Å². The number of rotatable bonds is 6. The lowest BCUT2D eigenvalue weighted by atomic mass is 10.1. The van der Waals surface area contributed by atoms with Gasteiger partial charge in [0.2, 0.25) is 0 Å². The van der Waals surface area contributed by atoms with Gasteiger partial charge < -0.3 is 21.1 Å². The molecule has 1 amide bonds. The third-order valence-electron chi connectivity index (χ3n) is 2.72. The smallest absolute Gasteiger partial charge is 0.251 e. The first-order valence-electron chi connectivity index (χ1n) is 6.17. The van der Waals surface area contributed by atoms with E-state index in [1.54, 1.807) is 12.1 Å². The van der Waals surface area contributed by atoms with E-state index in [1.807, 2.05) is 24.8 Å². The number of nitrogen functional groups attached to an aromatic ring is 1. The summed E-state index contributed by atoms with van der Waals surface area (Å²) >= 11 is 0. The van der Waals surface area contributed by atoms with Crippen LogP contribution in [0.2, 0.25) is 0 Å². The van der Waals surface area contributed by atoms with Gasteiger partial charge in [0.15, 0.2) is 0 Å². The van der Waals surface area contributed by atoms with Crippen molar-refractivity contribution < 1.29 is 9.90 Å². The number of aliphatic hydroxyl groups excluding tert-OH is 1. The number of nitrogens with zero attached hydrogens (tertiary/aromatic N) is 1. The molecule has 0 bridgehead atoms. The van der Waals surface area contributed by atoms with E-state index in [4.69, 9.17) is 10.8 Å². The Morgan fingerprint density at radius 1 is 1.44 bits per heavy atom. The summed E-state index contributed by atoms with van der Waals surface area (Å²) in [7, 11) is 0. The Hall–Kier alpha value is -1.75. The van der Waals surface area contributed by atoms with Crippen LogP contribution in [0.25, 0.3) is 0 Å². The molecule has 1 rings (SSSR count). The van der Waals surface area contributed by atoms with Gasteiger partial charge in [0.1, 0.15) is 0 Å². The lowest BCUT2D eigenvalue weighted by molar-refractivity contribution is 0.0956. The van der Waals surface area contributed by atoms with E-state index in [2.05, 4.69) is 5.32 Å². The number of nitrogens with one attached hydrogen (secondary N) is 1. The second kappa shape index (κ2) is 6.86. The van der Waals surface area contributed by atoms with Crippen LogP contribution in [-0.4, -0.2) is 37.3 Å². The Morgan fingerprint density at radius 3 is 2.67 bits per heavy atom.